The summed E-state index contributed by atoms with van der Waals surface area (Å²) in [6.45, 7) is 4.04. The number of fused-ring (bicyclic) bond motifs is 1. The third-order valence-electron chi connectivity index (χ3n) is 2.49. The lowest BCUT2D eigenvalue weighted by Gasteiger charge is -1.99. The Morgan fingerprint density at radius 3 is 2.93 bits per heavy atom. The molecule has 0 saturated heterocycles. The number of halogens is 2. The van der Waals surface area contributed by atoms with Crippen molar-refractivity contribution in [1.29, 1.82) is 0 Å². The lowest BCUT2D eigenvalue weighted by molar-refractivity contribution is 0.967. The zero-order valence-corrected chi connectivity index (χ0v) is 10.8. The third kappa shape index (κ3) is 1.84. The molecule has 0 atom stereocenters. The number of aromatic nitrogens is 1. The summed E-state index contributed by atoms with van der Waals surface area (Å²) in [4.78, 5) is 0. The summed E-state index contributed by atoms with van der Waals surface area (Å²) >= 11 is 9.39. The van der Waals surface area contributed by atoms with Gasteiger partial charge < -0.3 is 4.57 Å². The summed E-state index contributed by atoms with van der Waals surface area (Å²) in [5.41, 5.74) is 3.41. The highest BCUT2D eigenvalue weighted by molar-refractivity contribution is 9.09. The molecule has 3 heteroatoms. The first kappa shape index (κ1) is 10.8. The lowest BCUT2D eigenvalue weighted by atomic mass is 10.1. The fraction of sp³-hybridized carbons (Fsp3) is 0.167. The van der Waals surface area contributed by atoms with Crippen molar-refractivity contribution in [2.75, 3.05) is 5.33 Å². The number of nitrogens with zero attached hydrogens (tertiary/aromatic N) is 1. The zero-order chi connectivity index (χ0) is 11.0. The summed E-state index contributed by atoms with van der Waals surface area (Å²) < 4.78 is 2.07. The molecule has 0 bridgehead atoms. The molecule has 1 aromatic heterocycles. The fourth-order valence-corrected chi connectivity index (χ4v) is 2.18. The number of alkyl halides is 1. The second kappa shape index (κ2) is 4.03. The van der Waals surface area contributed by atoms with Gasteiger partial charge in [0.05, 0.1) is 0 Å². The van der Waals surface area contributed by atoms with Gasteiger partial charge in [-0.2, -0.15) is 0 Å². The van der Waals surface area contributed by atoms with E-state index in [0.717, 1.165) is 21.4 Å². The van der Waals surface area contributed by atoms with Crippen LogP contribution in [0.3, 0.4) is 0 Å². The van der Waals surface area contributed by atoms with E-state index in [1.807, 2.05) is 25.2 Å². The van der Waals surface area contributed by atoms with Crippen molar-refractivity contribution in [1.82, 2.24) is 4.57 Å². The molecule has 1 nitrogen and oxygen atoms in total. The van der Waals surface area contributed by atoms with Crippen LogP contribution in [0, 0.1) is 0 Å². The van der Waals surface area contributed by atoms with Gasteiger partial charge in [0.2, 0.25) is 0 Å². The molecule has 2 aromatic rings. The van der Waals surface area contributed by atoms with Crippen LogP contribution < -0.4 is 0 Å². The number of allylic oxidation sites excluding steroid dienone is 1. The molecule has 78 valence electrons. The molecule has 0 aliphatic rings. The fourth-order valence-electron chi connectivity index (χ4n) is 1.71. The quantitative estimate of drug-likeness (QED) is 0.727. The van der Waals surface area contributed by atoms with Crippen molar-refractivity contribution in [3.63, 3.8) is 0 Å². The summed E-state index contributed by atoms with van der Waals surface area (Å²) in [7, 11) is 2.02. The van der Waals surface area contributed by atoms with Gasteiger partial charge in [0.1, 0.15) is 0 Å². The van der Waals surface area contributed by atoms with E-state index in [2.05, 4.69) is 33.3 Å². The maximum atomic E-state index is 5.97. The van der Waals surface area contributed by atoms with Crippen LogP contribution in [0.5, 0.6) is 0 Å². The maximum absolute atomic E-state index is 5.97. The lowest BCUT2D eigenvalue weighted by Crippen LogP contribution is -1.83. The van der Waals surface area contributed by atoms with Gasteiger partial charge in [0.15, 0.2) is 0 Å². The van der Waals surface area contributed by atoms with E-state index in [-0.39, 0.29) is 0 Å². The minimum atomic E-state index is 0.764. The SMILES string of the molecule is C=C(CBr)c1cn(C)c2cc(Cl)ccc12. The minimum absolute atomic E-state index is 0.764. The minimum Gasteiger partial charge on any atom is -0.350 e. The highest BCUT2D eigenvalue weighted by Gasteiger charge is 2.08. The Bertz CT molecular complexity index is 528. The molecule has 15 heavy (non-hydrogen) atoms. The number of hydrogen-bond donors (Lipinski definition) is 0. The van der Waals surface area contributed by atoms with E-state index in [1.54, 1.807) is 0 Å². The molecular weight excluding hydrogens is 273 g/mol. The summed E-state index contributed by atoms with van der Waals surface area (Å²) in [6, 6.07) is 5.93. The van der Waals surface area contributed by atoms with E-state index in [4.69, 9.17) is 11.6 Å². The Balaban J connectivity index is 2.73. The van der Waals surface area contributed by atoms with Gasteiger partial charge in [0, 0.05) is 40.1 Å². The van der Waals surface area contributed by atoms with Crippen molar-refractivity contribution in [2.45, 2.75) is 0 Å². The Morgan fingerprint density at radius 2 is 2.27 bits per heavy atom. The molecule has 2 rings (SSSR count). The Hall–Kier alpha value is -0.730. The number of rotatable bonds is 2. The van der Waals surface area contributed by atoms with Crippen LogP contribution >= 0.6 is 27.5 Å². The molecule has 0 radical (unpaired) electrons. The Kier molecular flexibility index (Phi) is 2.89. The first-order chi connectivity index (χ1) is 7.13. The maximum Gasteiger partial charge on any atom is 0.0498 e. The topological polar surface area (TPSA) is 4.93 Å². The van der Waals surface area contributed by atoms with E-state index >= 15 is 0 Å². The van der Waals surface area contributed by atoms with Gasteiger partial charge in [-0.05, 0) is 17.7 Å². The van der Waals surface area contributed by atoms with E-state index in [0.29, 0.717) is 0 Å². The van der Waals surface area contributed by atoms with Gasteiger partial charge in [-0.3, -0.25) is 0 Å². The number of benzene rings is 1. The summed E-state index contributed by atoms with van der Waals surface area (Å²) in [5.74, 6) is 0. The Labute approximate surface area is 102 Å². The van der Waals surface area contributed by atoms with Gasteiger partial charge in [-0.1, -0.05) is 40.2 Å². The monoisotopic (exact) mass is 283 g/mol. The van der Waals surface area contributed by atoms with Gasteiger partial charge >= 0.3 is 0 Å². The highest BCUT2D eigenvalue weighted by Crippen LogP contribution is 2.28. The van der Waals surface area contributed by atoms with Crippen molar-refractivity contribution in [3.8, 4) is 0 Å². The third-order valence-corrected chi connectivity index (χ3v) is 3.41. The van der Waals surface area contributed by atoms with Gasteiger partial charge in [-0.25, -0.2) is 0 Å². The van der Waals surface area contributed by atoms with Crippen LogP contribution in [0.25, 0.3) is 16.5 Å². The first-order valence-corrected chi connectivity index (χ1v) is 6.12. The predicted molar refractivity (Wildman–Crippen MR) is 70.8 cm³/mol. The normalized spacial score (nSPS) is 10.9. The second-order valence-corrected chi connectivity index (χ2v) is 4.55. The molecule has 0 aliphatic heterocycles. The number of aryl methyl sites for hydroxylation is 1. The molecule has 0 saturated carbocycles. The molecule has 0 amide bonds. The van der Waals surface area contributed by atoms with Crippen molar-refractivity contribution in [3.05, 3.63) is 41.6 Å². The smallest absolute Gasteiger partial charge is 0.0498 e. The summed E-state index contributed by atoms with van der Waals surface area (Å²) in [6.07, 6.45) is 2.09. The average Bonchev–Trinajstić information content (AvgIpc) is 2.55. The first-order valence-electron chi connectivity index (χ1n) is 4.62. The molecule has 0 N–H and O–H groups in total. The van der Waals surface area contributed by atoms with E-state index in [1.165, 1.54) is 10.9 Å². The molecule has 0 aliphatic carbocycles. The largest absolute Gasteiger partial charge is 0.350 e. The molecule has 0 fully saturated rings. The van der Waals surface area contributed by atoms with Crippen LogP contribution in [0.1, 0.15) is 5.56 Å². The molecule has 0 spiro atoms. The predicted octanol–water partition coefficient (Wildman–Crippen LogP) is 4.24. The Morgan fingerprint density at radius 1 is 1.53 bits per heavy atom. The van der Waals surface area contributed by atoms with Crippen LogP contribution in [0.4, 0.5) is 0 Å². The standard InChI is InChI=1S/C12H11BrClN/c1-8(6-13)11-7-15(2)12-5-9(14)3-4-10(11)12/h3-5,7H,1,6H2,2H3. The average molecular weight is 285 g/mol. The summed E-state index contributed by atoms with van der Waals surface area (Å²) in [5, 5.41) is 2.75. The van der Waals surface area contributed by atoms with E-state index < -0.39 is 0 Å². The van der Waals surface area contributed by atoms with Crippen molar-refractivity contribution >= 4 is 44.0 Å². The van der Waals surface area contributed by atoms with Crippen LogP contribution in [-0.4, -0.2) is 9.90 Å². The van der Waals surface area contributed by atoms with Crippen molar-refractivity contribution in [2.24, 2.45) is 7.05 Å². The van der Waals surface area contributed by atoms with Crippen LogP contribution in [-0.2, 0) is 7.05 Å². The van der Waals surface area contributed by atoms with Gasteiger partial charge in [-0.15, -0.1) is 0 Å². The van der Waals surface area contributed by atoms with E-state index in [9.17, 15) is 0 Å². The van der Waals surface area contributed by atoms with Gasteiger partial charge in [0.25, 0.3) is 0 Å². The van der Waals surface area contributed by atoms with Crippen LogP contribution in [0.2, 0.25) is 5.02 Å². The molecular formula is C12H11BrClN. The molecule has 0 unspecified atom stereocenters. The highest BCUT2D eigenvalue weighted by atomic mass is 79.9. The van der Waals surface area contributed by atoms with Crippen molar-refractivity contribution < 1.29 is 0 Å². The van der Waals surface area contributed by atoms with Crippen LogP contribution in [0.15, 0.2) is 31.0 Å². The molecule has 1 heterocycles. The second-order valence-electron chi connectivity index (χ2n) is 3.55. The number of hydrogen-bond acceptors (Lipinski definition) is 0. The molecule has 1 aromatic carbocycles. The zero-order valence-electron chi connectivity index (χ0n) is 8.43.